The predicted octanol–water partition coefficient (Wildman–Crippen LogP) is 1.69. The first-order chi connectivity index (χ1) is 9.49. The molecule has 0 unspecified atom stereocenters. The molecule has 0 aliphatic heterocycles. The quantitative estimate of drug-likeness (QED) is 0.850. The van der Waals surface area contributed by atoms with Crippen molar-refractivity contribution < 1.29 is 13.2 Å². The molecule has 3 N–H and O–H groups in total. The number of benzene rings is 1. The van der Waals surface area contributed by atoms with Crippen LogP contribution in [0.1, 0.15) is 10.4 Å². The lowest BCUT2D eigenvalue weighted by Gasteiger charge is -2.04. The molecule has 0 aliphatic rings. The number of methoxy groups -OCH3 is 1. The average molecular weight is 312 g/mol. The summed E-state index contributed by atoms with van der Waals surface area (Å²) in [4.78, 5) is 0.933. The molecule has 2 aromatic rings. The number of ether oxygens (including phenoxy) is 1. The Morgan fingerprint density at radius 2 is 1.85 bits per heavy atom. The summed E-state index contributed by atoms with van der Waals surface area (Å²) < 4.78 is 27.6. The van der Waals surface area contributed by atoms with Gasteiger partial charge in [-0.05, 0) is 29.8 Å². The number of hydrogen-bond acceptors (Lipinski definition) is 5. The van der Waals surface area contributed by atoms with Gasteiger partial charge in [0.1, 0.15) is 9.96 Å². The first-order valence-corrected chi connectivity index (χ1v) is 8.30. The lowest BCUT2D eigenvalue weighted by molar-refractivity contribution is 0.414. The number of primary sulfonamides is 1. The molecule has 0 bridgehead atoms. The van der Waals surface area contributed by atoms with Crippen LogP contribution in [0, 0.1) is 0 Å². The number of nitrogens with one attached hydrogen (secondary N) is 1. The molecule has 0 aliphatic carbocycles. The zero-order valence-electron chi connectivity index (χ0n) is 11.0. The van der Waals surface area contributed by atoms with Gasteiger partial charge in [0.2, 0.25) is 10.0 Å². The lowest BCUT2D eigenvalue weighted by atomic mass is 10.2. The molecule has 0 atom stereocenters. The summed E-state index contributed by atoms with van der Waals surface area (Å²) in [5.74, 6) is 0.824. The molecule has 5 nitrogen and oxygen atoms in total. The fourth-order valence-electron chi connectivity index (χ4n) is 1.68. The van der Waals surface area contributed by atoms with Crippen molar-refractivity contribution >= 4 is 21.4 Å². The second-order valence-corrected chi connectivity index (χ2v) is 7.17. The average Bonchev–Trinajstić information content (AvgIpc) is 2.88. The van der Waals surface area contributed by atoms with E-state index >= 15 is 0 Å². The van der Waals surface area contributed by atoms with Gasteiger partial charge >= 0.3 is 0 Å². The summed E-state index contributed by atoms with van der Waals surface area (Å²) in [5, 5.41) is 8.32. The second-order valence-electron chi connectivity index (χ2n) is 4.22. The van der Waals surface area contributed by atoms with Gasteiger partial charge in [0, 0.05) is 18.0 Å². The first-order valence-electron chi connectivity index (χ1n) is 5.94. The van der Waals surface area contributed by atoms with E-state index in [1.807, 2.05) is 24.3 Å². The van der Waals surface area contributed by atoms with E-state index in [0.29, 0.717) is 13.1 Å². The molecule has 1 aromatic heterocycles. The minimum atomic E-state index is -3.59. The Morgan fingerprint density at radius 1 is 1.15 bits per heavy atom. The van der Waals surface area contributed by atoms with Gasteiger partial charge in [-0.2, -0.15) is 0 Å². The Balaban J connectivity index is 1.88. The highest BCUT2D eigenvalue weighted by Crippen LogP contribution is 2.20. The molecule has 1 aromatic carbocycles. The monoisotopic (exact) mass is 312 g/mol. The fourth-order valence-corrected chi connectivity index (χ4v) is 3.43. The van der Waals surface area contributed by atoms with Crippen molar-refractivity contribution in [3.63, 3.8) is 0 Å². The number of thiophene rings is 1. The van der Waals surface area contributed by atoms with Gasteiger partial charge in [-0.3, -0.25) is 0 Å². The topological polar surface area (TPSA) is 81.4 Å². The largest absolute Gasteiger partial charge is 0.497 e. The molecule has 0 amide bonds. The van der Waals surface area contributed by atoms with Crippen LogP contribution in [0.15, 0.2) is 40.6 Å². The maximum absolute atomic E-state index is 11.2. The van der Waals surface area contributed by atoms with Gasteiger partial charge in [0.15, 0.2) is 0 Å². The third-order valence-corrected chi connectivity index (χ3v) is 5.23. The smallest absolute Gasteiger partial charge is 0.247 e. The highest BCUT2D eigenvalue weighted by atomic mass is 32.2. The maximum Gasteiger partial charge on any atom is 0.247 e. The lowest BCUT2D eigenvalue weighted by Crippen LogP contribution is -2.12. The Hall–Kier alpha value is -1.41. The predicted molar refractivity (Wildman–Crippen MR) is 79.2 cm³/mol. The Bertz CT molecular complexity index is 663. The van der Waals surface area contributed by atoms with Crippen LogP contribution in [-0.2, 0) is 23.1 Å². The molecule has 0 saturated carbocycles. The minimum Gasteiger partial charge on any atom is -0.497 e. The summed E-state index contributed by atoms with van der Waals surface area (Å²) in [6.45, 7) is 1.30. The molecule has 20 heavy (non-hydrogen) atoms. The molecule has 0 spiro atoms. The Labute approximate surface area is 122 Å². The number of hydrogen-bond donors (Lipinski definition) is 2. The van der Waals surface area contributed by atoms with E-state index in [1.165, 1.54) is 17.4 Å². The van der Waals surface area contributed by atoms with Crippen LogP contribution in [0.2, 0.25) is 0 Å². The van der Waals surface area contributed by atoms with Crippen LogP contribution in [0.5, 0.6) is 5.75 Å². The first kappa shape index (κ1) is 15.0. The van der Waals surface area contributed by atoms with E-state index in [-0.39, 0.29) is 4.21 Å². The zero-order valence-corrected chi connectivity index (χ0v) is 12.6. The van der Waals surface area contributed by atoms with Crippen LogP contribution in [0.4, 0.5) is 0 Å². The van der Waals surface area contributed by atoms with Crippen molar-refractivity contribution in [1.82, 2.24) is 5.32 Å². The summed E-state index contributed by atoms with van der Waals surface area (Å²) in [5.41, 5.74) is 1.13. The zero-order chi connectivity index (χ0) is 14.6. The molecule has 2 rings (SSSR count). The highest BCUT2D eigenvalue weighted by molar-refractivity contribution is 7.91. The van der Waals surface area contributed by atoms with Crippen molar-refractivity contribution in [2.75, 3.05) is 7.11 Å². The number of rotatable bonds is 6. The summed E-state index contributed by atoms with van der Waals surface area (Å²) >= 11 is 1.19. The van der Waals surface area contributed by atoms with Crippen LogP contribution < -0.4 is 15.2 Å². The van der Waals surface area contributed by atoms with E-state index < -0.39 is 10.0 Å². The Kier molecular flexibility index (Phi) is 4.77. The summed E-state index contributed by atoms with van der Waals surface area (Å²) in [7, 11) is -1.96. The summed E-state index contributed by atoms with van der Waals surface area (Å²) in [6, 6.07) is 11.1. The van der Waals surface area contributed by atoms with Crippen molar-refractivity contribution in [2.45, 2.75) is 17.3 Å². The van der Waals surface area contributed by atoms with Crippen molar-refractivity contribution in [2.24, 2.45) is 5.14 Å². The second kappa shape index (κ2) is 6.36. The van der Waals surface area contributed by atoms with Crippen molar-refractivity contribution in [3.05, 3.63) is 46.8 Å². The Morgan fingerprint density at radius 3 is 2.40 bits per heavy atom. The molecular weight excluding hydrogens is 296 g/mol. The minimum absolute atomic E-state index is 0.193. The van der Waals surface area contributed by atoms with Crippen LogP contribution in [0.25, 0.3) is 0 Å². The maximum atomic E-state index is 11.2. The van der Waals surface area contributed by atoms with Gasteiger partial charge in [-0.1, -0.05) is 12.1 Å². The van der Waals surface area contributed by atoms with Gasteiger partial charge in [-0.25, -0.2) is 13.6 Å². The SMILES string of the molecule is COc1ccc(CNCc2ccc(S(N)(=O)=O)s2)cc1. The standard InChI is InChI=1S/C13H16N2O3S2/c1-18-11-4-2-10(3-5-11)8-15-9-12-6-7-13(19-12)20(14,16)17/h2-7,15H,8-9H2,1H3,(H2,14,16,17). The normalized spacial score (nSPS) is 11.5. The molecule has 0 saturated heterocycles. The third-order valence-electron chi connectivity index (χ3n) is 2.70. The van der Waals surface area contributed by atoms with E-state index in [1.54, 1.807) is 13.2 Å². The van der Waals surface area contributed by atoms with E-state index in [4.69, 9.17) is 9.88 Å². The molecule has 1 heterocycles. The highest BCUT2D eigenvalue weighted by Gasteiger charge is 2.10. The summed E-state index contributed by atoms with van der Waals surface area (Å²) in [6.07, 6.45) is 0. The molecule has 0 radical (unpaired) electrons. The third kappa shape index (κ3) is 4.04. The van der Waals surface area contributed by atoms with Gasteiger partial charge in [0.25, 0.3) is 0 Å². The van der Waals surface area contributed by atoms with E-state index in [9.17, 15) is 8.42 Å². The fraction of sp³-hybridized carbons (Fsp3) is 0.231. The van der Waals surface area contributed by atoms with Crippen LogP contribution in [-0.4, -0.2) is 15.5 Å². The van der Waals surface area contributed by atoms with E-state index in [2.05, 4.69) is 5.32 Å². The van der Waals surface area contributed by atoms with E-state index in [0.717, 1.165) is 16.2 Å². The van der Waals surface area contributed by atoms with Gasteiger partial charge in [-0.15, -0.1) is 11.3 Å². The molecule has 108 valence electrons. The van der Waals surface area contributed by atoms with Crippen LogP contribution >= 0.6 is 11.3 Å². The van der Waals surface area contributed by atoms with Crippen molar-refractivity contribution in [3.8, 4) is 5.75 Å². The van der Waals surface area contributed by atoms with Crippen LogP contribution in [0.3, 0.4) is 0 Å². The van der Waals surface area contributed by atoms with Gasteiger partial charge < -0.3 is 10.1 Å². The molecule has 7 heteroatoms. The molecular formula is C13H16N2O3S2. The number of nitrogens with two attached hydrogens (primary N) is 1. The molecule has 0 fully saturated rings. The number of sulfonamides is 1. The van der Waals surface area contributed by atoms with Crippen molar-refractivity contribution in [1.29, 1.82) is 0 Å². The van der Waals surface area contributed by atoms with Gasteiger partial charge in [0.05, 0.1) is 7.11 Å².